The number of rotatable bonds is 5. The third kappa shape index (κ3) is 3.67. The third-order valence-electron chi connectivity index (χ3n) is 2.57. The molecule has 0 spiro atoms. The van der Waals surface area contributed by atoms with Gasteiger partial charge in [-0.1, -0.05) is 42.5 Å². The Bertz CT molecular complexity index is 486. The van der Waals surface area contributed by atoms with Crippen LogP contribution in [0.3, 0.4) is 0 Å². The molecule has 0 radical (unpaired) electrons. The van der Waals surface area contributed by atoms with Gasteiger partial charge in [-0.15, -0.1) is 0 Å². The molecule has 0 bridgehead atoms. The summed E-state index contributed by atoms with van der Waals surface area (Å²) in [6, 6.07) is 17.9. The van der Waals surface area contributed by atoms with Crippen molar-refractivity contribution >= 4 is 6.08 Å². The van der Waals surface area contributed by atoms with E-state index in [-0.39, 0.29) is 0 Å². The monoisotopic (exact) mass is 240 g/mol. The number of hydrogen-bond donors (Lipinski definition) is 0. The molecule has 2 rings (SSSR count). The second kappa shape index (κ2) is 6.50. The Hall–Kier alpha value is -2.22. The zero-order chi connectivity index (χ0) is 12.6. The average Bonchev–Trinajstić information content (AvgIpc) is 2.45. The molecule has 0 fully saturated rings. The average molecular weight is 240 g/mol. The van der Waals surface area contributed by atoms with Gasteiger partial charge in [0.2, 0.25) is 0 Å². The van der Waals surface area contributed by atoms with Crippen molar-refractivity contribution < 1.29 is 9.47 Å². The molecule has 0 aliphatic carbocycles. The first-order valence-corrected chi connectivity index (χ1v) is 5.84. The van der Waals surface area contributed by atoms with Crippen molar-refractivity contribution in [1.82, 2.24) is 0 Å². The SMILES string of the molecule is COc1ccc(CO/C=C/c2ccccc2)cc1. The van der Waals surface area contributed by atoms with Crippen molar-refractivity contribution in [3.8, 4) is 5.75 Å². The molecule has 0 unspecified atom stereocenters. The van der Waals surface area contributed by atoms with E-state index in [4.69, 9.17) is 9.47 Å². The Labute approximate surface area is 107 Å². The largest absolute Gasteiger partial charge is 0.497 e. The van der Waals surface area contributed by atoms with Crippen LogP contribution in [0.2, 0.25) is 0 Å². The predicted molar refractivity (Wildman–Crippen MR) is 73.3 cm³/mol. The van der Waals surface area contributed by atoms with Gasteiger partial charge < -0.3 is 9.47 Å². The van der Waals surface area contributed by atoms with Crippen LogP contribution in [0.4, 0.5) is 0 Å². The van der Waals surface area contributed by atoms with Gasteiger partial charge in [0.25, 0.3) is 0 Å². The smallest absolute Gasteiger partial charge is 0.118 e. The molecule has 18 heavy (non-hydrogen) atoms. The van der Waals surface area contributed by atoms with Crippen molar-refractivity contribution in [1.29, 1.82) is 0 Å². The van der Waals surface area contributed by atoms with Crippen LogP contribution in [0.1, 0.15) is 11.1 Å². The molecule has 0 aliphatic heterocycles. The fraction of sp³-hybridized carbons (Fsp3) is 0.125. The first kappa shape index (κ1) is 12.2. The van der Waals surface area contributed by atoms with E-state index in [0.717, 1.165) is 16.9 Å². The van der Waals surface area contributed by atoms with Gasteiger partial charge in [0.15, 0.2) is 0 Å². The van der Waals surface area contributed by atoms with Crippen LogP contribution >= 0.6 is 0 Å². The molecular weight excluding hydrogens is 224 g/mol. The molecule has 0 N–H and O–H groups in total. The highest BCUT2D eigenvalue weighted by atomic mass is 16.5. The maximum absolute atomic E-state index is 5.48. The lowest BCUT2D eigenvalue weighted by atomic mass is 10.2. The van der Waals surface area contributed by atoms with Crippen LogP contribution in [-0.4, -0.2) is 7.11 Å². The normalized spacial score (nSPS) is 10.5. The maximum Gasteiger partial charge on any atom is 0.118 e. The Morgan fingerprint density at radius 2 is 1.67 bits per heavy atom. The van der Waals surface area contributed by atoms with Crippen LogP contribution in [0.25, 0.3) is 6.08 Å². The van der Waals surface area contributed by atoms with E-state index < -0.39 is 0 Å². The molecule has 0 heterocycles. The van der Waals surface area contributed by atoms with E-state index in [1.807, 2.05) is 60.7 Å². The quantitative estimate of drug-likeness (QED) is 0.738. The molecule has 0 saturated carbocycles. The van der Waals surface area contributed by atoms with Gasteiger partial charge in [0, 0.05) is 0 Å². The lowest BCUT2D eigenvalue weighted by Crippen LogP contribution is -1.87. The number of methoxy groups -OCH3 is 1. The van der Waals surface area contributed by atoms with Crippen molar-refractivity contribution in [3.63, 3.8) is 0 Å². The molecule has 2 aromatic rings. The van der Waals surface area contributed by atoms with Crippen LogP contribution < -0.4 is 4.74 Å². The highest BCUT2D eigenvalue weighted by Gasteiger charge is 1.93. The van der Waals surface area contributed by atoms with Gasteiger partial charge in [0.05, 0.1) is 13.4 Å². The Morgan fingerprint density at radius 1 is 0.944 bits per heavy atom. The van der Waals surface area contributed by atoms with Crippen LogP contribution in [0.5, 0.6) is 5.75 Å². The molecule has 2 aromatic carbocycles. The van der Waals surface area contributed by atoms with Crippen molar-refractivity contribution in [2.24, 2.45) is 0 Å². The molecule has 0 atom stereocenters. The molecule has 92 valence electrons. The fourth-order valence-corrected chi connectivity index (χ4v) is 1.56. The minimum absolute atomic E-state index is 0.563. The van der Waals surface area contributed by atoms with E-state index in [9.17, 15) is 0 Å². The summed E-state index contributed by atoms with van der Waals surface area (Å²) in [4.78, 5) is 0. The van der Waals surface area contributed by atoms with Gasteiger partial charge in [-0.2, -0.15) is 0 Å². The second-order valence-electron chi connectivity index (χ2n) is 3.87. The van der Waals surface area contributed by atoms with Gasteiger partial charge in [-0.3, -0.25) is 0 Å². The van der Waals surface area contributed by atoms with Gasteiger partial charge in [-0.25, -0.2) is 0 Å². The van der Waals surface area contributed by atoms with E-state index in [0.29, 0.717) is 6.61 Å². The first-order valence-electron chi connectivity index (χ1n) is 5.84. The van der Waals surface area contributed by atoms with E-state index in [2.05, 4.69) is 0 Å². The maximum atomic E-state index is 5.48. The van der Waals surface area contributed by atoms with Crippen molar-refractivity contribution in [3.05, 3.63) is 72.0 Å². The second-order valence-corrected chi connectivity index (χ2v) is 3.87. The van der Waals surface area contributed by atoms with Crippen LogP contribution in [0, 0.1) is 0 Å². The summed E-state index contributed by atoms with van der Waals surface area (Å²) >= 11 is 0. The Balaban J connectivity index is 1.83. The Kier molecular flexibility index (Phi) is 4.42. The predicted octanol–water partition coefficient (Wildman–Crippen LogP) is 3.88. The molecule has 2 nitrogen and oxygen atoms in total. The van der Waals surface area contributed by atoms with Crippen LogP contribution in [0.15, 0.2) is 60.9 Å². The van der Waals surface area contributed by atoms with Crippen molar-refractivity contribution in [2.45, 2.75) is 6.61 Å². The molecule has 0 aromatic heterocycles. The topological polar surface area (TPSA) is 18.5 Å². The molecule has 2 heteroatoms. The molecule has 0 saturated heterocycles. The number of ether oxygens (including phenoxy) is 2. The summed E-state index contributed by atoms with van der Waals surface area (Å²) in [6.07, 6.45) is 3.67. The summed E-state index contributed by atoms with van der Waals surface area (Å²) in [6.45, 7) is 0.563. The molecule has 0 amide bonds. The first-order chi connectivity index (χ1) is 8.88. The van der Waals surface area contributed by atoms with Gasteiger partial charge in [0.1, 0.15) is 12.4 Å². The third-order valence-corrected chi connectivity index (χ3v) is 2.57. The van der Waals surface area contributed by atoms with Crippen molar-refractivity contribution in [2.75, 3.05) is 7.11 Å². The molecule has 0 aliphatic rings. The van der Waals surface area contributed by atoms with E-state index in [1.165, 1.54) is 0 Å². The molecular formula is C16H16O2. The number of benzene rings is 2. The summed E-state index contributed by atoms with van der Waals surface area (Å²) in [5, 5.41) is 0. The highest BCUT2D eigenvalue weighted by molar-refractivity contribution is 5.47. The fourth-order valence-electron chi connectivity index (χ4n) is 1.56. The van der Waals surface area contributed by atoms with Gasteiger partial charge >= 0.3 is 0 Å². The van der Waals surface area contributed by atoms with Gasteiger partial charge in [-0.05, 0) is 29.3 Å². The number of hydrogen-bond acceptors (Lipinski definition) is 2. The highest BCUT2D eigenvalue weighted by Crippen LogP contribution is 2.12. The lowest BCUT2D eigenvalue weighted by Gasteiger charge is -2.03. The Morgan fingerprint density at radius 3 is 2.33 bits per heavy atom. The van der Waals surface area contributed by atoms with E-state index >= 15 is 0 Å². The standard InChI is InChI=1S/C16H16O2/c1-17-16-9-7-15(8-10-16)13-18-12-11-14-5-3-2-4-6-14/h2-12H,13H2,1H3/b12-11+. The zero-order valence-corrected chi connectivity index (χ0v) is 10.4. The minimum Gasteiger partial charge on any atom is -0.497 e. The summed E-state index contributed by atoms with van der Waals surface area (Å²) < 4.78 is 10.6. The van der Waals surface area contributed by atoms with Crippen LogP contribution in [-0.2, 0) is 11.3 Å². The summed E-state index contributed by atoms with van der Waals surface area (Å²) in [5.41, 5.74) is 2.25. The minimum atomic E-state index is 0.563. The summed E-state index contributed by atoms with van der Waals surface area (Å²) in [7, 11) is 1.66. The lowest BCUT2D eigenvalue weighted by molar-refractivity contribution is 0.239. The van der Waals surface area contributed by atoms with E-state index in [1.54, 1.807) is 13.4 Å². The summed E-state index contributed by atoms with van der Waals surface area (Å²) in [5.74, 6) is 0.860. The zero-order valence-electron chi connectivity index (χ0n) is 10.4.